The lowest BCUT2D eigenvalue weighted by molar-refractivity contribution is -0.385. The number of hydrogen-bond acceptors (Lipinski definition) is 4. The van der Waals surface area contributed by atoms with E-state index in [1.807, 2.05) is 0 Å². The number of nitro groups is 1. The van der Waals surface area contributed by atoms with Crippen molar-refractivity contribution < 1.29 is 14.5 Å². The fraction of sp³-hybridized carbons (Fsp3) is 0.385. The highest BCUT2D eigenvalue weighted by molar-refractivity contribution is 5.83. The number of carbonyl (C=O) groups excluding carboxylic acids is 2. The monoisotopic (exact) mass is 264 g/mol. The zero-order valence-electron chi connectivity index (χ0n) is 10.9. The molecule has 0 atom stereocenters. The zero-order chi connectivity index (χ0) is 14.4. The lowest BCUT2D eigenvalue weighted by Gasteiger charge is -2.08. The minimum absolute atomic E-state index is 0.0375. The molecule has 0 aromatic heterocycles. The molecule has 6 heteroatoms. The van der Waals surface area contributed by atoms with Crippen molar-refractivity contribution in [3.8, 4) is 0 Å². The Morgan fingerprint density at radius 3 is 2.58 bits per heavy atom. The van der Waals surface area contributed by atoms with E-state index in [4.69, 9.17) is 0 Å². The minimum atomic E-state index is -0.448. The first-order valence-electron chi connectivity index (χ1n) is 5.91. The van der Waals surface area contributed by atoms with Crippen LogP contribution in [0.2, 0.25) is 0 Å². The number of amides is 1. The van der Waals surface area contributed by atoms with Crippen LogP contribution >= 0.6 is 0 Å². The molecule has 0 aliphatic rings. The second-order valence-corrected chi connectivity index (χ2v) is 4.30. The summed E-state index contributed by atoms with van der Waals surface area (Å²) in [4.78, 5) is 32.5. The Morgan fingerprint density at radius 2 is 2.00 bits per heavy atom. The third kappa shape index (κ3) is 4.50. The summed E-state index contributed by atoms with van der Waals surface area (Å²) in [5, 5.41) is 13.4. The van der Waals surface area contributed by atoms with E-state index in [0.717, 1.165) is 0 Å². The van der Waals surface area contributed by atoms with Gasteiger partial charge < -0.3 is 10.1 Å². The van der Waals surface area contributed by atoms with Crippen molar-refractivity contribution in [2.45, 2.75) is 33.2 Å². The Bertz CT molecular complexity index is 511. The van der Waals surface area contributed by atoms with Crippen LogP contribution in [0.25, 0.3) is 0 Å². The smallest absolute Gasteiger partial charge is 0.272 e. The van der Waals surface area contributed by atoms with Gasteiger partial charge in [-0.05, 0) is 19.4 Å². The predicted molar refractivity (Wildman–Crippen MR) is 69.6 cm³/mol. The summed E-state index contributed by atoms with van der Waals surface area (Å²) >= 11 is 0. The van der Waals surface area contributed by atoms with Crippen molar-refractivity contribution >= 4 is 17.4 Å². The molecule has 0 saturated carbocycles. The molecule has 0 spiro atoms. The number of hydrogen-bond donors (Lipinski definition) is 1. The number of Topliss-reactive ketones (excluding diaryl/α,β-unsaturated/α-hetero) is 1. The minimum Gasteiger partial charge on any atom is -0.352 e. The summed E-state index contributed by atoms with van der Waals surface area (Å²) in [5.41, 5.74) is 1.28. The highest BCUT2D eigenvalue weighted by Crippen LogP contribution is 2.20. The number of nitrogens with one attached hydrogen (secondary N) is 1. The number of ketones is 1. The van der Waals surface area contributed by atoms with Crippen molar-refractivity contribution in [3.63, 3.8) is 0 Å². The molecule has 1 amide bonds. The van der Waals surface area contributed by atoms with Crippen LogP contribution in [0, 0.1) is 17.0 Å². The lowest BCUT2D eigenvalue weighted by Crippen LogP contribution is -2.23. The molecule has 1 rings (SSSR count). The van der Waals surface area contributed by atoms with E-state index in [-0.39, 0.29) is 36.8 Å². The van der Waals surface area contributed by atoms with E-state index in [1.54, 1.807) is 19.1 Å². The van der Waals surface area contributed by atoms with Gasteiger partial charge in [0.05, 0.1) is 4.92 Å². The molecule has 0 heterocycles. The molecule has 0 aliphatic carbocycles. The van der Waals surface area contributed by atoms with Crippen molar-refractivity contribution in [2.75, 3.05) is 0 Å². The summed E-state index contributed by atoms with van der Waals surface area (Å²) in [6, 6.07) is 4.74. The first-order valence-corrected chi connectivity index (χ1v) is 5.91. The number of benzene rings is 1. The highest BCUT2D eigenvalue weighted by atomic mass is 16.6. The van der Waals surface area contributed by atoms with Gasteiger partial charge in [-0.1, -0.05) is 12.1 Å². The van der Waals surface area contributed by atoms with Crippen LogP contribution in [0.5, 0.6) is 0 Å². The molecule has 1 aromatic carbocycles. The number of nitrogens with zero attached hydrogens (tertiary/aromatic N) is 1. The fourth-order valence-corrected chi connectivity index (χ4v) is 1.63. The maximum atomic E-state index is 11.5. The molecule has 102 valence electrons. The van der Waals surface area contributed by atoms with E-state index in [2.05, 4.69) is 5.32 Å². The molecule has 0 aliphatic heterocycles. The van der Waals surface area contributed by atoms with Crippen LogP contribution in [-0.2, 0) is 16.1 Å². The van der Waals surface area contributed by atoms with Gasteiger partial charge in [0.1, 0.15) is 5.78 Å². The van der Waals surface area contributed by atoms with Crippen LogP contribution in [0.15, 0.2) is 18.2 Å². The molecule has 0 fully saturated rings. The lowest BCUT2D eigenvalue weighted by atomic mass is 10.1. The van der Waals surface area contributed by atoms with Crippen molar-refractivity contribution in [1.82, 2.24) is 5.32 Å². The largest absolute Gasteiger partial charge is 0.352 e. The Balaban J connectivity index is 2.63. The third-order valence-electron chi connectivity index (χ3n) is 2.79. The number of carbonyl (C=O) groups is 2. The second kappa shape index (κ2) is 6.63. The summed E-state index contributed by atoms with van der Waals surface area (Å²) in [5.74, 6) is -0.275. The molecule has 6 nitrogen and oxygen atoms in total. The molecular weight excluding hydrogens is 248 g/mol. The highest BCUT2D eigenvalue weighted by Gasteiger charge is 2.13. The van der Waals surface area contributed by atoms with E-state index < -0.39 is 4.92 Å². The van der Waals surface area contributed by atoms with E-state index in [9.17, 15) is 19.7 Å². The van der Waals surface area contributed by atoms with Gasteiger partial charge in [0.25, 0.3) is 5.69 Å². The van der Waals surface area contributed by atoms with Crippen molar-refractivity contribution in [1.29, 1.82) is 0 Å². The van der Waals surface area contributed by atoms with Crippen molar-refractivity contribution in [3.05, 3.63) is 39.4 Å². The van der Waals surface area contributed by atoms with Gasteiger partial charge in [-0.25, -0.2) is 0 Å². The maximum Gasteiger partial charge on any atom is 0.272 e. The van der Waals surface area contributed by atoms with E-state index in [1.165, 1.54) is 13.0 Å². The molecule has 0 bridgehead atoms. The van der Waals surface area contributed by atoms with Crippen molar-refractivity contribution in [2.24, 2.45) is 0 Å². The SMILES string of the molecule is CC(=O)CCC(=O)NCc1cccc([N+](=O)[O-])c1C. The van der Waals surface area contributed by atoms with Gasteiger partial charge in [0.2, 0.25) is 5.91 Å². The molecule has 0 unspecified atom stereocenters. The average molecular weight is 264 g/mol. The molecule has 1 N–H and O–H groups in total. The fourth-order valence-electron chi connectivity index (χ4n) is 1.63. The van der Waals surface area contributed by atoms with Crippen LogP contribution < -0.4 is 5.32 Å². The topological polar surface area (TPSA) is 89.3 Å². The van der Waals surface area contributed by atoms with Crippen LogP contribution in [0.3, 0.4) is 0 Å². The number of rotatable bonds is 6. The maximum absolute atomic E-state index is 11.5. The Kier molecular flexibility index (Phi) is 5.17. The van der Waals surface area contributed by atoms with Crippen LogP contribution in [-0.4, -0.2) is 16.6 Å². The second-order valence-electron chi connectivity index (χ2n) is 4.30. The van der Waals surface area contributed by atoms with Gasteiger partial charge >= 0.3 is 0 Å². The Hall–Kier alpha value is -2.24. The quantitative estimate of drug-likeness (QED) is 0.627. The predicted octanol–water partition coefficient (Wildman–Crippen LogP) is 1.89. The van der Waals surface area contributed by atoms with E-state index in [0.29, 0.717) is 11.1 Å². The molecule has 0 saturated heterocycles. The summed E-state index contributed by atoms with van der Waals surface area (Å²) in [6.45, 7) is 3.30. The Labute approximate surface area is 111 Å². The summed E-state index contributed by atoms with van der Waals surface area (Å²) in [7, 11) is 0. The average Bonchev–Trinajstić information content (AvgIpc) is 2.34. The summed E-state index contributed by atoms with van der Waals surface area (Å²) in [6.07, 6.45) is 0.350. The van der Waals surface area contributed by atoms with Gasteiger partial charge in [0.15, 0.2) is 0 Å². The normalized spacial score (nSPS) is 10.0. The van der Waals surface area contributed by atoms with Gasteiger partial charge in [-0.3, -0.25) is 14.9 Å². The van der Waals surface area contributed by atoms with Gasteiger partial charge in [-0.15, -0.1) is 0 Å². The summed E-state index contributed by atoms with van der Waals surface area (Å²) < 4.78 is 0. The molecular formula is C13H16N2O4. The van der Waals surface area contributed by atoms with Gasteiger partial charge in [-0.2, -0.15) is 0 Å². The number of nitro benzene ring substituents is 1. The zero-order valence-corrected chi connectivity index (χ0v) is 10.9. The van der Waals surface area contributed by atoms with Crippen LogP contribution in [0.1, 0.15) is 30.9 Å². The molecule has 19 heavy (non-hydrogen) atoms. The molecule has 1 aromatic rings. The van der Waals surface area contributed by atoms with Crippen LogP contribution in [0.4, 0.5) is 5.69 Å². The standard InChI is InChI=1S/C13H16N2O4/c1-9(16)6-7-13(17)14-8-11-4-3-5-12(10(11)2)15(18)19/h3-5H,6-8H2,1-2H3,(H,14,17). The first kappa shape index (κ1) is 14.8. The van der Waals surface area contributed by atoms with Gasteiger partial charge in [0, 0.05) is 31.0 Å². The molecule has 0 radical (unpaired) electrons. The third-order valence-corrected chi connectivity index (χ3v) is 2.79. The van der Waals surface area contributed by atoms with E-state index >= 15 is 0 Å². The first-order chi connectivity index (χ1) is 8.91. The Morgan fingerprint density at radius 1 is 1.32 bits per heavy atom.